The van der Waals surface area contributed by atoms with Crippen molar-refractivity contribution >= 4 is 5.91 Å². The summed E-state index contributed by atoms with van der Waals surface area (Å²) in [7, 11) is 1.67. The second kappa shape index (κ2) is 5.89. The molecule has 1 amide bonds. The van der Waals surface area contributed by atoms with E-state index >= 15 is 0 Å². The molecule has 0 bridgehead atoms. The van der Waals surface area contributed by atoms with E-state index < -0.39 is 0 Å². The molecular formula is C15H21NO2. The molecule has 3 heteroatoms. The van der Waals surface area contributed by atoms with Gasteiger partial charge in [-0.1, -0.05) is 12.1 Å². The van der Waals surface area contributed by atoms with Gasteiger partial charge in [0.15, 0.2) is 0 Å². The third-order valence-corrected chi connectivity index (χ3v) is 3.54. The van der Waals surface area contributed by atoms with Crippen molar-refractivity contribution in [2.24, 2.45) is 0 Å². The first-order valence-corrected chi connectivity index (χ1v) is 6.62. The van der Waals surface area contributed by atoms with Crippen LogP contribution in [0.25, 0.3) is 0 Å². The summed E-state index contributed by atoms with van der Waals surface area (Å²) >= 11 is 0. The largest absolute Gasteiger partial charge is 0.496 e. The maximum absolute atomic E-state index is 12.1. The Balaban J connectivity index is 2.02. The normalized spacial score (nSPS) is 15.6. The molecule has 98 valence electrons. The van der Waals surface area contributed by atoms with Crippen molar-refractivity contribution in [1.29, 1.82) is 0 Å². The van der Waals surface area contributed by atoms with Crippen molar-refractivity contribution in [3.8, 4) is 5.75 Å². The van der Waals surface area contributed by atoms with Crippen LogP contribution in [0.15, 0.2) is 18.2 Å². The van der Waals surface area contributed by atoms with Gasteiger partial charge in [-0.05, 0) is 43.4 Å². The zero-order valence-electron chi connectivity index (χ0n) is 11.2. The number of aryl methyl sites for hydroxylation is 1. The standard InChI is InChI=1S/C15H21NO2/c1-12-6-7-13(10-14(12)18-2)11-15(17)16-8-4-3-5-9-16/h6-7,10H,3-5,8-9,11H2,1-2H3. The number of carbonyl (C=O) groups is 1. The number of methoxy groups -OCH3 is 1. The van der Waals surface area contributed by atoms with Crippen LogP contribution in [0.4, 0.5) is 0 Å². The van der Waals surface area contributed by atoms with Gasteiger partial charge in [0.25, 0.3) is 0 Å². The lowest BCUT2D eigenvalue weighted by Gasteiger charge is -2.26. The Bertz CT molecular complexity index is 423. The number of likely N-dealkylation sites (tertiary alicyclic amines) is 1. The number of nitrogens with zero attached hydrogens (tertiary/aromatic N) is 1. The molecule has 3 nitrogen and oxygen atoms in total. The first-order valence-electron chi connectivity index (χ1n) is 6.62. The lowest BCUT2D eigenvalue weighted by atomic mass is 10.1. The molecule has 0 N–H and O–H groups in total. The Kier molecular flexibility index (Phi) is 4.24. The van der Waals surface area contributed by atoms with Gasteiger partial charge in [-0.25, -0.2) is 0 Å². The molecule has 1 aromatic rings. The molecular weight excluding hydrogens is 226 g/mol. The third kappa shape index (κ3) is 3.03. The SMILES string of the molecule is COc1cc(CC(=O)N2CCCCC2)ccc1C. The lowest BCUT2D eigenvalue weighted by Crippen LogP contribution is -2.36. The maximum atomic E-state index is 12.1. The summed E-state index contributed by atoms with van der Waals surface area (Å²) in [6, 6.07) is 5.99. The Morgan fingerprint density at radius 2 is 2.00 bits per heavy atom. The first kappa shape index (κ1) is 12.9. The van der Waals surface area contributed by atoms with Crippen LogP contribution >= 0.6 is 0 Å². The summed E-state index contributed by atoms with van der Waals surface area (Å²) in [6.45, 7) is 3.85. The molecule has 1 aromatic carbocycles. The van der Waals surface area contributed by atoms with Gasteiger partial charge < -0.3 is 9.64 Å². The van der Waals surface area contributed by atoms with Crippen molar-refractivity contribution < 1.29 is 9.53 Å². The lowest BCUT2D eigenvalue weighted by molar-refractivity contribution is -0.131. The summed E-state index contributed by atoms with van der Waals surface area (Å²) in [5.41, 5.74) is 2.14. The van der Waals surface area contributed by atoms with Crippen LogP contribution < -0.4 is 4.74 Å². The molecule has 1 saturated heterocycles. The molecule has 0 radical (unpaired) electrons. The fraction of sp³-hybridized carbons (Fsp3) is 0.533. The molecule has 1 aliphatic rings. The smallest absolute Gasteiger partial charge is 0.226 e. The average molecular weight is 247 g/mol. The summed E-state index contributed by atoms with van der Waals surface area (Å²) in [4.78, 5) is 14.1. The van der Waals surface area contributed by atoms with E-state index in [1.165, 1.54) is 6.42 Å². The number of amides is 1. The predicted molar refractivity (Wildman–Crippen MR) is 71.9 cm³/mol. The number of hydrogen-bond acceptors (Lipinski definition) is 2. The highest BCUT2D eigenvalue weighted by molar-refractivity contribution is 5.79. The number of benzene rings is 1. The highest BCUT2D eigenvalue weighted by Gasteiger charge is 2.16. The highest BCUT2D eigenvalue weighted by Crippen LogP contribution is 2.20. The van der Waals surface area contributed by atoms with Gasteiger partial charge >= 0.3 is 0 Å². The van der Waals surface area contributed by atoms with E-state index in [1.807, 2.05) is 30.0 Å². The number of hydrogen-bond donors (Lipinski definition) is 0. The van der Waals surface area contributed by atoms with Crippen LogP contribution in [0.5, 0.6) is 5.75 Å². The molecule has 0 aromatic heterocycles. The van der Waals surface area contributed by atoms with Crippen LogP contribution in [0.2, 0.25) is 0 Å². The summed E-state index contributed by atoms with van der Waals surface area (Å²) in [6.07, 6.45) is 4.02. The minimum absolute atomic E-state index is 0.237. The molecule has 18 heavy (non-hydrogen) atoms. The monoisotopic (exact) mass is 247 g/mol. The Morgan fingerprint density at radius 1 is 1.28 bits per heavy atom. The fourth-order valence-corrected chi connectivity index (χ4v) is 2.40. The molecule has 1 heterocycles. The Labute approximate surface area is 109 Å². The molecule has 2 rings (SSSR count). The van der Waals surface area contributed by atoms with Crippen molar-refractivity contribution in [2.75, 3.05) is 20.2 Å². The zero-order chi connectivity index (χ0) is 13.0. The predicted octanol–water partition coefficient (Wildman–Crippen LogP) is 2.56. The summed E-state index contributed by atoms with van der Waals surface area (Å²) in [5.74, 6) is 1.10. The zero-order valence-corrected chi connectivity index (χ0v) is 11.2. The van der Waals surface area contributed by atoms with Crippen LogP contribution in [-0.2, 0) is 11.2 Å². The molecule has 0 atom stereocenters. The molecule has 1 fully saturated rings. The van der Waals surface area contributed by atoms with Crippen LogP contribution in [0, 0.1) is 6.92 Å². The molecule has 1 aliphatic heterocycles. The topological polar surface area (TPSA) is 29.5 Å². The summed E-state index contributed by atoms with van der Waals surface area (Å²) in [5, 5.41) is 0. The minimum Gasteiger partial charge on any atom is -0.496 e. The van der Waals surface area contributed by atoms with Crippen molar-refractivity contribution in [3.63, 3.8) is 0 Å². The molecule has 0 spiro atoms. The fourth-order valence-electron chi connectivity index (χ4n) is 2.40. The van der Waals surface area contributed by atoms with Gasteiger partial charge in [-0.3, -0.25) is 4.79 Å². The maximum Gasteiger partial charge on any atom is 0.226 e. The number of rotatable bonds is 3. The molecule has 0 saturated carbocycles. The van der Waals surface area contributed by atoms with Crippen molar-refractivity contribution in [1.82, 2.24) is 4.90 Å². The van der Waals surface area contributed by atoms with E-state index in [0.29, 0.717) is 6.42 Å². The first-order chi connectivity index (χ1) is 8.70. The van der Waals surface area contributed by atoms with E-state index in [9.17, 15) is 4.79 Å². The number of piperidine rings is 1. The number of carbonyl (C=O) groups excluding carboxylic acids is 1. The van der Waals surface area contributed by atoms with E-state index in [2.05, 4.69) is 0 Å². The second-order valence-corrected chi connectivity index (χ2v) is 4.92. The van der Waals surface area contributed by atoms with Crippen molar-refractivity contribution in [2.45, 2.75) is 32.6 Å². The van der Waals surface area contributed by atoms with Gasteiger partial charge in [0.1, 0.15) is 5.75 Å². The van der Waals surface area contributed by atoms with E-state index in [1.54, 1.807) is 7.11 Å². The highest BCUT2D eigenvalue weighted by atomic mass is 16.5. The molecule has 0 unspecified atom stereocenters. The van der Waals surface area contributed by atoms with Crippen molar-refractivity contribution in [3.05, 3.63) is 29.3 Å². The van der Waals surface area contributed by atoms with Gasteiger partial charge in [0.2, 0.25) is 5.91 Å². The van der Waals surface area contributed by atoms with Crippen LogP contribution in [-0.4, -0.2) is 31.0 Å². The summed E-state index contributed by atoms with van der Waals surface area (Å²) < 4.78 is 5.29. The third-order valence-electron chi connectivity index (χ3n) is 3.54. The van der Waals surface area contributed by atoms with Gasteiger partial charge in [-0.2, -0.15) is 0 Å². The molecule has 0 aliphatic carbocycles. The quantitative estimate of drug-likeness (QED) is 0.821. The Morgan fingerprint density at radius 3 is 2.67 bits per heavy atom. The van der Waals surface area contributed by atoms with Gasteiger partial charge in [-0.15, -0.1) is 0 Å². The Hall–Kier alpha value is -1.51. The van der Waals surface area contributed by atoms with E-state index in [4.69, 9.17) is 4.74 Å². The van der Waals surface area contributed by atoms with Crippen LogP contribution in [0.1, 0.15) is 30.4 Å². The van der Waals surface area contributed by atoms with Gasteiger partial charge in [0.05, 0.1) is 13.5 Å². The second-order valence-electron chi connectivity index (χ2n) is 4.92. The minimum atomic E-state index is 0.237. The number of ether oxygens (including phenoxy) is 1. The van der Waals surface area contributed by atoms with E-state index in [-0.39, 0.29) is 5.91 Å². The average Bonchev–Trinajstić information content (AvgIpc) is 2.42. The van der Waals surface area contributed by atoms with Gasteiger partial charge in [0, 0.05) is 13.1 Å². The van der Waals surface area contributed by atoms with E-state index in [0.717, 1.165) is 42.8 Å². The van der Waals surface area contributed by atoms with Crippen LogP contribution in [0.3, 0.4) is 0 Å².